The van der Waals surface area contributed by atoms with E-state index < -0.39 is 0 Å². The van der Waals surface area contributed by atoms with Crippen molar-refractivity contribution < 1.29 is 13.5 Å². The summed E-state index contributed by atoms with van der Waals surface area (Å²) in [6.07, 6.45) is 11.1. The topological polar surface area (TPSA) is 21.5 Å². The maximum Gasteiger partial charge on any atom is 0.172 e. The molecule has 24 heavy (non-hydrogen) atoms. The van der Waals surface area contributed by atoms with Crippen LogP contribution in [0.5, 0.6) is 0 Å². The molecule has 0 radical (unpaired) electrons. The zero-order valence-electron chi connectivity index (χ0n) is 15.0. The predicted octanol–water partition coefficient (Wildman–Crippen LogP) is 4.28. The third-order valence-electron chi connectivity index (χ3n) is 4.58. The molecule has 1 unspecified atom stereocenters. The average Bonchev–Trinajstić information content (AvgIpc) is 2.62. The van der Waals surface area contributed by atoms with Gasteiger partial charge in [0, 0.05) is 18.6 Å². The lowest BCUT2D eigenvalue weighted by Crippen LogP contribution is -2.33. The lowest BCUT2D eigenvalue weighted by Gasteiger charge is -2.17. The highest BCUT2D eigenvalue weighted by atomic mass is 32.1. The van der Waals surface area contributed by atoms with E-state index >= 15 is 0 Å². The quantitative estimate of drug-likeness (QED) is 0.263. The molecule has 0 fully saturated rings. The van der Waals surface area contributed by atoms with Crippen molar-refractivity contribution in [3.63, 3.8) is 0 Å². The van der Waals surface area contributed by atoms with Crippen LogP contribution in [-0.4, -0.2) is 43.2 Å². The van der Waals surface area contributed by atoms with Gasteiger partial charge in [-0.15, -0.1) is 0 Å². The number of rotatable bonds is 12. The summed E-state index contributed by atoms with van der Waals surface area (Å²) in [6, 6.07) is 8.58. The van der Waals surface area contributed by atoms with Crippen LogP contribution in [0.3, 0.4) is 0 Å². The molecule has 0 aromatic heterocycles. The maximum absolute atomic E-state index is 5.79. The standard InChI is InChI=1S/C20H31NO2S/c1-2-3-4-5-6-9-14-22-17-20(23-24)16-21-13-12-18-10-7-8-11-19(18)15-21/h7-8,10-11,15,20H,2-6,9,12-14,16-17H2,1H3/p+1. The Labute approximate surface area is 152 Å². The van der Waals surface area contributed by atoms with E-state index in [1.807, 2.05) is 0 Å². The number of ether oxygens (including phenoxy) is 1. The molecule has 0 saturated carbocycles. The van der Waals surface area contributed by atoms with E-state index in [0.29, 0.717) is 6.61 Å². The lowest BCUT2D eigenvalue weighted by molar-refractivity contribution is -0.532. The summed E-state index contributed by atoms with van der Waals surface area (Å²) in [7, 11) is 0. The van der Waals surface area contributed by atoms with Gasteiger partial charge >= 0.3 is 0 Å². The van der Waals surface area contributed by atoms with Gasteiger partial charge < -0.3 is 8.92 Å². The van der Waals surface area contributed by atoms with Crippen LogP contribution < -0.4 is 0 Å². The minimum atomic E-state index is 0.00920. The Kier molecular flexibility index (Phi) is 9.47. The van der Waals surface area contributed by atoms with E-state index in [-0.39, 0.29) is 6.10 Å². The summed E-state index contributed by atoms with van der Waals surface area (Å²) in [5.41, 5.74) is 2.74. The van der Waals surface area contributed by atoms with E-state index in [0.717, 1.165) is 32.5 Å². The zero-order chi connectivity index (χ0) is 17.0. The van der Waals surface area contributed by atoms with Crippen molar-refractivity contribution in [2.75, 3.05) is 26.3 Å². The number of nitrogens with zero attached hydrogens (tertiary/aromatic N) is 1. The third kappa shape index (κ3) is 6.96. The van der Waals surface area contributed by atoms with Crippen LogP contribution >= 0.6 is 12.9 Å². The van der Waals surface area contributed by atoms with Crippen LogP contribution in [0.15, 0.2) is 24.3 Å². The number of hydrogen-bond donors (Lipinski definition) is 1. The minimum absolute atomic E-state index is 0.00920. The van der Waals surface area contributed by atoms with Crippen LogP contribution in [0.1, 0.15) is 56.6 Å². The second kappa shape index (κ2) is 11.7. The van der Waals surface area contributed by atoms with Gasteiger partial charge in [0.15, 0.2) is 18.9 Å². The van der Waals surface area contributed by atoms with Gasteiger partial charge in [-0.1, -0.05) is 57.2 Å². The summed E-state index contributed by atoms with van der Waals surface area (Å²) >= 11 is 4.03. The predicted molar refractivity (Wildman–Crippen MR) is 103 cm³/mol. The number of thiol groups is 1. The fraction of sp³-hybridized carbons (Fsp3) is 0.650. The second-order valence-electron chi connectivity index (χ2n) is 6.64. The van der Waals surface area contributed by atoms with E-state index in [4.69, 9.17) is 8.92 Å². The van der Waals surface area contributed by atoms with Gasteiger partial charge in [-0.25, -0.2) is 4.58 Å². The largest absolute Gasteiger partial charge is 0.378 e. The van der Waals surface area contributed by atoms with Crippen LogP contribution in [0.25, 0.3) is 0 Å². The first-order valence-electron chi connectivity index (χ1n) is 9.38. The molecule has 3 nitrogen and oxygen atoms in total. The van der Waals surface area contributed by atoms with Crippen molar-refractivity contribution >= 4 is 19.1 Å². The molecular formula is C20H32NO2S+. The number of hydrogen-bond acceptors (Lipinski definition) is 3. The Morgan fingerprint density at radius 3 is 2.75 bits per heavy atom. The molecule has 1 atom stereocenters. The first-order chi connectivity index (χ1) is 11.8. The Hall–Kier alpha value is -0.840. The molecule has 2 rings (SSSR count). The monoisotopic (exact) mass is 350 g/mol. The molecule has 1 aromatic carbocycles. The maximum atomic E-state index is 5.79. The molecule has 0 saturated heterocycles. The van der Waals surface area contributed by atoms with Gasteiger partial charge in [-0.2, -0.15) is 0 Å². The number of fused-ring (bicyclic) bond motifs is 1. The smallest absolute Gasteiger partial charge is 0.172 e. The highest BCUT2D eigenvalue weighted by Gasteiger charge is 2.20. The summed E-state index contributed by atoms with van der Waals surface area (Å²) in [6.45, 7) is 5.55. The molecule has 1 heterocycles. The van der Waals surface area contributed by atoms with E-state index in [1.54, 1.807) is 0 Å². The van der Waals surface area contributed by atoms with Crippen LogP contribution in [0.4, 0.5) is 0 Å². The van der Waals surface area contributed by atoms with Crippen molar-refractivity contribution in [2.24, 2.45) is 0 Å². The Morgan fingerprint density at radius 1 is 1.12 bits per heavy atom. The lowest BCUT2D eigenvalue weighted by atomic mass is 10.0. The first kappa shape index (κ1) is 19.5. The summed E-state index contributed by atoms with van der Waals surface area (Å²) in [5.74, 6) is 0. The molecule has 0 bridgehead atoms. The van der Waals surface area contributed by atoms with Gasteiger partial charge in [-0.3, -0.25) is 0 Å². The molecule has 1 aliphatic heterocycles. The van der Waals surface area contributed by atoms with E-state index in [1.165, 1.54) is 43.2 Å². The molecule has 0 aliphatic carbocycles. The van der Waals surface area contributed by atoms with Crippen LogP contribution in [0, 0.1) is 0 Å². The fourth-order valence-corrected chi connectivity index (χ4v) is 3.26. The van der Waals surface area contributed by atoms with E-state index in [2.05, 4.69) is 54.9 Å². The summed E-state index contributed by atoms with van der Waals surface area (Å²) in [5, 5.41) is 0. The van der Waals surface area contributed by atoms with Crippen LogP contribution in [-0.2, 0) is 15.3 Å². The Morgan fingerprint density at radius 2 is 1.92 bits per heavy atom. The van der Waals surface area contributed by atoms with Gasteiger partial charge in [-0.05, 0) is 31.0 Å². The molecule has 134 valence electrons. The normalized spacial score (nSPS) is 15.0. The van der Waals surface area contributed by atoms with Gasteiger partial charge in [0.05, 0.1) is 6.61 Å². The van der Waals surface area contributed by atoms with Gasteiger partial charge in [0.2, 0.25) is 0 Å². The summed E-state index contributed by atoms with van der Waals surface area (Å²) in [4.78, 5) is 0. The van der Waals surface area contributed by atoms with Gasteiger partial charge in [0.1, 0.15) is 6.54 Å². The molecule has 0 N–H and O–H groups in total. The zero-order valence-corrected chi connectivity index (χ0v) is 15.8. The average molecular weight is 351 g/mol. The first-order valence-corrected chi connectivity index (χ1v) is 9.74. The minimum Gasteiger partial charge on any atom is -0.378 e. The van der Waals surface area contributed by atoms with Gasteiger partial charge in [0.25, 0.3) is 0 Å². The molecule has 4 heteroatoms. The molecular weight excluding hydrogens is 318 g/mol. The van der Waals surface area contributed by atoms with Crippen molar-refractivity contribution in [3.8, 4) is 0 Å². The van der Waals surface area contributed by atoms with Crippen LogP contribution in [0.2, 0.25) is 0 Å². The second-order valence-corrected chi connectivity index (χ2v) is 6.85. The number of unbranched alkanes of at least 4 members (excludes halogenated alkanes) is 5. The molecule has 1 aliphatic rings. The third-order valence-corrected chi connectivity index (χ3v) is 4.88. The Bertz CT molecular complexity index is 504. The van der Waals surface area contributed by atoms with E-state index in [9.17, 15) is 0 Å². The highest BCUT2D eigenvalue weighted by Crippen LogP contribution is 2.12. The van der Waals surface area contributed by atoms with Crippen molar-refractivity contribution in [3.05, 3.63) is 35.4 Å². The summed E-state index contributed by atoms with van der Waals surface area (Å²) < 4.78 is 13.4. The van der Waals surface area contributed by atoms with Crippen molar-refractivity contribution in [1.82, 2.24) is 0 Å². The Balaban J connectivity index is 1.65. The van der Waals surface area contributed by atoms with Crippen molar-refractivity contribution in [2.45, 2.75) is 58.0 Å². The SMILES string of the molecule is CCCCCCCCOCC(C[N+]1=Cc2ccccc2CC1)OS. The highest BCUT2D eigenvalue weighted by molar-refractivity contribution is 7.75. The molecule has 0 amide bonds. The fourth-order valence-electron chi connectivity index (χ4n) is 3.13. The number of benzene rings is 1. The molecule has 1 aromatic rings. The molecule has 0 spiro atoms. The van der Waals surface area contributed by atoms with Crippen molar-refractivity contribution in [1.29, 1.82) is 0 Å².